The van der Waals surface area contributed by atoms with Crippen LogP contribution in [0.4, 0.5) is 0 Å². The standard InChI is InChI=1S/C20H22N4O/c1-2-14(1)17-9-16-3-4-19(23-20(16)21-10-17)15-5-7-24(8-6-15)11-18-12-25-13-22-18/h3-4,9-10,12-15H,1-2,5-8,11H2. The number of pyridine rings is 2. The molecule has 2 aliphatic rings. The Kier molecular flexibility index (Phi) is 3.74. The Balaban J connectivity index is 1.28. The minimum absolute atomic E-state index is 0.530. The maximum Gasteiger partial charge on any atom is 0.180 e. The highest BCUT2D eigenvalue weighted by atomic mass is 16.3. The minimum Gasteiger partial charge on any atom is -0.451 e. The molecule has 5 heteroatoms. The zero-order valence-corrected chi connectivity index (χ0v) is 14.3. The largest absolute Gasteiger partial charge is 0.451 e. The molecule has 1 aliphatic heterocycles. The molecular weight excluding hydrogens is 312 g/mol. The van der Waals surface area contributed by atoms with Crippen molar-refractivity contribution in [1.82, 2.24) is 19.9 Å². The SMILES string of the molecule is c1nc(CN2CCC(c3ccc4cc(C5CC5)cnc4n3)CC2)co1. The Morgan fingerprint density at radius 1 is 1.04 bits per heavy atom. The van der Waals surface area contributed by atoms with Crippen molar-refractivity contribution in [3.63, 3.8) is 0 Å². The molecule has 3 aromatic heterocycles. The lowest BCUT2D eigenvalue weighted by Crippen LogP contribution is -2.32. The summed E-state index contributed by atoms with van der Waals surface area (Å²) in [6.07, 6.45) is 10.2. The fourth-order valence-electron chi connectivity index (χ4n) is 3.84. The van der Waals surface area contributed by atoms with E-state index in [0.29, 0.717) is 5.92 Å². The molecule has 0 spiro atoms. The number of likely N-dealkylation sites (tertiary alicyclic amines) is 1. The van der Waals surface area contributed by atoms with Crippen LogP contribution >= 0.6 is 0 Å². The fraction of sp³-hybridized carbons (Fsp3) is 0.450. The number of oxazole rings is 1. The van der Waals surface area contributed by atoms with Crippen LogP contribution in [-0.2, 0) is 6.54 Å². The average Bonchev–Trinajstić information content (AvgIpc) is 3.39. The fourth-order valence-corrected chi connectivity index (χ4v) is 3.84. The summed E-state index contributed by atoms with van der Waals surface area (Å²) in [5, 5.41) is 1.18. The molecule has 4 heterocycles. The summed E-state index contributed by atoms with van der Waals surface area (Å²) in [5.74, 6) is 1.27. The number of hydrogen-bond acceptors (Lipinski definition) is 5. The summed E-state index contributed by atoms with van der Waals surface area (Å²) in [5.41, 5.74) is 4.48. The first-order chi connectivity index (χ1) is 12.3. The topological polar surface area (TPSA) is 55.1 Å². The Labute approximate surface area is 147 Å². The molecule has 128 valence electrons. The quantitative estimate of drug-likeness (QED) is 0.725. The number of hydrogen-bond donors (Lipinski definition) is 0. The van der Waals surface area contributed by atoms with Crippen LogP contribution in [0.3, 0.4) is 0 Å². The second-order valence-corrected chi connectivity index (χ2v) is 7.36. The van der Waals surface area contributed by atoms with Crippen molar-refractivity contribution in [2.24, 2.45) is 0 Å². The van der Waals surface area contributed by atoms with Gasteiger partial charge in [0.2, 0.25) is 0 Å². The van der Waals surface area contributed by atoms with Crippen LogP contribution in [0.5, 0.6) is 0 Å². The van der Waals surface area contributed by atoms with E-state index < -0.39 is 0 Å². The smallest absolute Gasteiger partial charge is 0.180 e. The predicted octanol–water partition coefficient (Wildman–Crippen LogP) is 3.87. The zero-order valence-electron chi connectivity index (χ0n) is 14.3. The van der Waals surface area contributed by atoms with E-state index in [0.717, 1.165) is 49.7 Å². The van der Waals surface area contributed by atoms with Crippen molar-refractivity contribution in [2.45, 2.75) is 44.1 Å². The normalized spacial score (nSPS) is 19.5. The summed E-state index contributed by atoms with van der Waals surface area (Å²) in [6, 6.07) is 6.69. The molecule has 0 N–H and O–H groups in total. The third-order valence-electron chi connectivity index (χ3n) is 5.51. The molecule has 0 unspecified atom stereocenters. The molecule has 5 rings (SSSR count). The summed E-state index contributed by atoms with van der Waals surface area (Å²) in [4.78, 5) is 16.1. The minimum atomic E-state index is 0.530. The van der Waals surface area contributed by atoms with Gasteiger partial charge in [-0.3, -0.25) is 4.90 Å². The van der Waals surface area contributed by atoms with Gasteiger partial charge in [-0.15, -0.1) is 0 Å². The highest BCUT2D eigenvalue weighted by Crippen LogP contribution is 2.40. The van der Waals surface area contributed by atoms with E-state index in [1.807, 2.05) is 6.20 Å². The van der Waals surface area contributed by atoms with E-state index in [2.05, 4.69) is 33.1 Å². The number of nitrogens with zero attached hydrogens (tertiary/aromatic N) is 4. The van der Waals surface area contributed by atoms with Crippen molar-refractivity contribution < 1.29 is 4.42 Å². The van der Waals surface area contributed by atoms with Gasteiger partial charge in [0.15, 0.2) is 12.0 Å². The van der Waals surface area contributed by atoms with Crippen LogP contribution in [-0.4, -0.2) is 32.9 Å². The molecule has 1 saturated heterocycles. The third kappa shape index (κ3) is 3.16. The Bertz CT molecular complexity index is 865. The van der Waals surface area contributed by atoms with Gasteiger partial charge in [0.1, 0.15) is 6.26 Å². The van der Waals surface area contributed by atoms with Crippen LogP contribution in [0.15, 0.2) is 41.5 Å². The van der Waals surface area contributed by atoms with E-state index in [1.54, 1.807) is 6.26 Å². The van der Waals surface area contributed by atoms with E-state index in [4.69, 9.17) is 9.40 Å². The molecule has 5 nitrogen and oxygen atoms in total. The van der Waals surface area contributed by atoms with Gasteiger partial charge >= 0.3 is 0 Å². The molecule has 0 amide bonds. The summed E-state index contributed by atoms with van der Waals surface area (Å²) in [7, 11) is 0. The van der Waals surface area contributed by atoms with Crippen LogP contribution in [0.25, 0.3) is 11.0 Å². The third-order valence-corrected chi connectivity index (χ3v) is 5.51. The molecule has 0 aromatic carbocycles. The van der Waals surface area contributed by atoms with Crippen LogP contribution in [0.1, 0.15) is 54.5 Å². The van der Waals surface area contributed by atoms with Crippen molar-refractivity contribution >= 4 is 11.0 Å². The first-order valence-electron chi connectivity index (χ1n) is 9.21. The molecule has 2 fully saturated rings. The van der Waals surface area contributed by atoms with Crippen molar-refractivity contribution in [3.05, 3.63) is 54.0 Å². The van der Waals surface area contributed by atoms with Gasteiger partial charge in [-0.1, -0.05) is 0 Å². The van der Waals surface area contributed by atoms with Gasteiger partial charge in [-0.2, -0.15) is 0 Å². The Morgan fingerprint density at radius 3 is 2.68 bits per heavy atom. The highest BCUT2D eigenvalue weighted by Gasteiger charge is 2.25. The average molecular weight is 334 g/mol. The Morgan fingerprint density at radius 2 is 1.92 bits per heavy atom. The summed E-state index contributed by atoms with van der Waals surface area (Å²) < 4.78 is 5.06. The van der Waals surface area contributed by atoms with Crippen molar-refractivity contribution in [2.75, 3.05) is 13.1 Å². The lowest BCUT2D eigenvalue weighted by atomic mass is 9.92. The van der Waals surface area contributed by atoms with Gasteiger partial charge in [-0.05, 0) is 68.5 Å². The number of aromatic nitrogens is 3. The lowest BCUT2D eigenvalue weighted by Gasteiger charge is -2.31. The van der Waals surface area contributed by atoms with Crippen LogP contribution < -0.4 is 0 Å². The van der Waals surface area contributed by atoms with Crippen LogP contribution in [0, 0.1) is 0 Å². The number of piperidine rings is 1. The second kappa shape index (κ2) is 6.23. The Hall–Kier alpha value is -2.27. The van der Waals surface area contributed by atoms with Gasteiger partial charge in [0.05, 0.1) is 5.69 Å². The molecule has 25 heavy (non-hydrogen) atoms. The first kappa shape index (κ1) is 15.0. The molecule has 0 bridgehead atoms. The number of rotatable bonds is 4. The predicted molar refractivity (Wildman–Crippen MR) is 95.3 cm³/mol. The van der Waals surface area contributed by atoms with E-state index in [9.17, 15) is 0 Å². The monoisotopic (exact) mass is 334 g/mol. The van der Waals surface area contributed by atoms with E-state index in [1.165, 1.54) is 35.9 Å². The van der Waals surface area contributed by atoms with E-state index >= 15 is 0 Å². The summed E-state index contributed by atoms with van der Waals surface area (Å²) >= 11 is 0. The van der Waals surface area contributed by atoms with Crippen molar-refractivity contribution in [3.8, 4) is 0 Å². The second-order valence-electron chi connectivity index (χ2n) is 7.36. The molecule has 3 aromatic rings. The lowest BCUT2D eigenvalue weighted by molar-refractivity contribution is 0.201. The highest BCUT2D eigenvalue weighted by molar-refractivity contribution is 5.75. The van der Waals surface area contributed by atoms with Gasteiger partial charge in [0, 0.05) is 29.7 Å². The zero-order chi connectivity index (χ0) is 16.6. The molecule has 1 aliphatic carbocycles. The summed E-state index contributed by atoms with van der Waals surface area (Å²) in [6.45, 7) is 3.02. The molecular formula is C20H22N4O. The van der Waals surface area contributed by atoms with Crippen LogP contribution in [0.2, 0.25) is 0 Å². The first-order valence-corrected chi connectivity index (χ1v) is 9.21. The molecule has 0 atom stereocenters. The van der Waals surface area contributed by atoms with Gasteiger partial charge in [-0.25, -0.2) is 15.0 Å². The van der Waals surface area contributed by atoms with Gasteiger partial charge in [0.25, 0.3) is 0 Å². The van der Waals surface area contributed by atoms with E-state index in [-0.39, 0.29) is 0 Å². The van der Waals surface area contributed by atoms with Crippen molar-refractivity contribution in [1.29, 1.82) is 0 Å². The maximum absolute atomic E-state index is 5.06. The number of fused-ring (bicyclic) bond motifs is 1. The van der Waals surface area contributed by atoms with Gasteiger partial charge < -0.3 is 4.42 Å². The molecule has 0 radical (unpaired) electrons. The molecule has 1 saturated carbocycles. The maximum atomic E-state index is 5.06.